The molecule has 0 saturated carbocycles. The van der Waals surface area contributed by atoms with Crippen molar-refractivity contribution in [1.82, 2.24) is 0 Å². The van der Waals surface area contributed by atoms with E-state index in [2.05, 4.69) is 10.6 Å². The molecule has 3 aromatic rings. The number of halogens is 3. The van der Waals surface area contributed by atoms with Gasteiger partial charge < -0.3 is 10.6 Å². The maximum Gasteiger partial charge on any atom is 0.416 e. The molecule has 0 fully saturated rings. The normalized spacial score (nSPS) is 13.9. The lowest BCUT2D eigenvalue weighted by Crippen LogP contribution is -2.32. The zero-order valence-electron chi connectivity index (χ0n) is 17.8. The van der Waals surface area contributed by atoms with Gasteiger partial charge >= 0.3 is 6.18 Å². The molecule has 0 radical (unpaired) electrons. The predicted octanol–water partition coefficient (Wildman–Crippen LogP) is 5.06. The third-order valence-corrected chi connectivity index (χ3v) is 5.05. The summed E-state index contributed by atoms with van der Waals surface area (Å²) in [6.45, 7) is 1.37. The smallest absolute Gasteiger partial charge is 0.350 e. The number of carbonyl (C=O) groups excluding carboxylic acids is 3. The number of carbonyl (C=O) groups is 3. The van der Waals surface area contributed by atoms with Crippen LogP contribution in [0.25, 0.3) is 5.57 Å². The van der Waals surface area contributed by atoms with Crippen molar-refractivity contribution >= 4 is 40.4 Å². The lowest BCUT2D eigenvalue weighted by Gasteiger charge is -2.17. The highest BCUT2D eigenvalue weighted by molar-refractivity contribution is 6.46. The molecule has 172 valence electrons. The average molecular weight is 465 g/mol. The first kappa shape index (κ1) is 22.8. The Labute approximate surface area is 192 Å². The van der Waals surface area contributed by atoms with Gasteiger partial charge in [-0.15, -0.1) is 0 Å². The molecule has 6 nitrogen and oxygen atoms in total. The Morgan fingerprint density at radius 3 is 2.09 bits per heavy atom. The zero-order valence-corrected chi connectivity index (χ0v) is 17.8. The Balaban J connectivity index is 1.74. The van der Waals surface area contributed by atoms with Gasteiger partial charge in [-0.2, -0.15) is 13.2 Å². The third-order valence-electron chi connectivity index (χ3n) is 5.05. The molecule has 0 spiro atoms. The van der Waals surface area contributed by atoms with Crippen LogP contribution < -0.4 is 15.5 Å². The number of amides is 3. The van der Waals surface area contributed by atoms with E-state index >= 15 is 0 Å². The summed E-state index contributed by atoms with van der Waals surface area (Å²) in [4.78, 5) is 38.6. The largest absolute Gasteiger partial charge is 0.416 e. The zero-order chi connectivity index (χ0) is 24.5. The molecule has 34 heavy (non-hydrogen) atoms. The Morgan fingerprint density at radius 1 is 0.824 bits per heavy atom. The first-order valence-electron chi connectivity index (χ1n) is 10.2. The summed E-state index contributed by atoms with van der Waals surface area (Å²) in [6.07, 6.45) is -4.63. The van der Waals surface area contributed by atoms with Crippen LogP contribution in [-0.4, -0.2) is 17.7 Å². The Bertz CT molecular complexity index is 1300. The van der Waals surface area contributed by atoms with Crippen LogP contribution >= 0.6 is 0 Å². The third kappa shape index (κ3) is 4.54. The van der Waals surface area contributed by atoms with Crippen molar-refractivity contribution in [3.63, 3.8) is 0 Å². The fourth-order valence-electron chi connectivity index (χ4n) is 3.56. The highest BCUT2D eigenvalue weighted by Gasteiger charge is 2.41. The van der Waals surface area contributed by atoms with Crippen LogP contribution in [0.4, 0.5) is 30.2 Å². The second-order valence-corrected chi connectivity index (χ2v) is 7.49. The van der Waals surface area contributed by atoms with Gasteiger partial charge in [0.25, 0.3) is 11.8 Å². The van der Waals surface area contributed by atoms with Crippen LogP contribution in [0.3, 0.4) is 0 Å². The standard InChI is InChI=1S/C25H18F3N3O3/c1-15(32)29-18-10-12-19(13-11-18)30-22-21(16-6-3-2-4-7-16)23(33)31(24(22)34)20-9-5-8-17(14-20)25(26,27)28/h2-14,30H,1H3,(H,29,32). The van der Waals surface area contributed by atoms with Crippen molar-refractivity contribution in [3.8, 4) is 0 Å². The van der Waals surface area contributed by atoms with E-state index in [0.29, 0.717) is 16.9 Å². The second kappa shape index (κ2) is 8.86. The van der Waals surface area contributed by atoms with E-state index in [4.69, 9.17) is 0 Å². The lowest BCUT2D eigenvalue weighted by atomic mass is 10.0. The van der Waals surface area contributed by atoms with E-state index in [0.717, 1.165) is 23.1 Å². The molecule has 0 atom stereocenters. The van der Waals surface area contributed by atoms with Gasteiger partial charge in [-0.25, -0.2) is 4.90 Å². The molecule has 4 rings (SSSR count). The number of hydrogen-bond acceptors (Lipinski definition) is 4. The molecule has 0 aromatic heterocycles. The van der Waals surface area contributed by atoms with Gasteiger partial charge in [-0.05, 0) is 48.0 Å². The minimum absolute atomic E-state index is 0.0361. The van der Waals surface area contributed by atoms with E-state index in [-0.39, 0.29) is 22.9 Å². The summed E-state index contributed by atoms with van der Waals surface area (Å²) < 4.78 is 39.7. The van der Waals surface area contributed by atoms with Crippen molar-refractivity contribution in [2.45, 2.75) is 13.1 Å². The highest BCUT2D eigenvalue weighted by atomic mass is 19.4. The Morgan fingerprint density at radius 2 is 1.47 bits per heavy atom. The van der Waals surface area contributed by atoms with Crippen molar-refractivity contribution in [1.29, 1.82) is 0 Å². The minimum atomic E-state index is -4.63. The fourth-order valence-corrected chi connectivity index (χ4v) is 3.56. The van der Waals surface area contributed by atoms with Crippen LogP contribution in [0.15, 0.2) is 84.6 Å². The molecule has 3 amide bonds. The molecule has 0 unspecified atom stereocenters. The summed E-state index contributed by atoms with van der Waals surface area (Å²) in [7, 11) is 0. The van der Waals surface area contributed by atoms with Crippen LogP contribution in [-0.2, 0) is 20.6 Å². The molecule has 0 aliphatic carbocycles. The molecule has 1 aliphatic heterocycles. The van der Waals surface area contributed by atoms with Gasteiger partial charge in [0.2, 0.25) is 5.91 Å². The van der Waals surface area contributed by atoms with Gasteiger partial charge in [0.15, 0.2) is 0 Å². The van der Waals surface area contributed by atoms with Crippen molar-refractivity contribution in [2.75, 3.05) is 15.5 Å². The number of hydrogen-bond donors (Lipinski definition) is 2. The van der Waals surface area contributed by atoms with Crippen molar-refractivity contribution in [3.05, 3.63) is 95.7 Å². The van der Waals surface area contributed by atoms with Crippen molar-refractivity contribution < 1.29 is 27.6 Å². The number of anilines is 3. The molecule has 0 bridgehead atoms. The monoisotopic (exact) mass is 465 g/mol. The SMILES string of the molecule is CC(=O)Nc1ccc(NC2=C(c3ccccc3)C(=O)N(c3cccc(C(F)(F)F)c3)C2=O)cc1. The summed E-state index contributed by atoms with van der Waals surface area (Å²) >= 11 is 0. The first-order chi connectivity index (χ1) is 16.1. The van der Waals surface area contributed by atoms with Crippen LogP contribution in [0, 0.1) is 0 Å². The predicted molar refractivity (Wildman–Crippen MR) is 122 cm³/mol. The quantitative estimate of drug-likeness (QED) is 0.517. The van der Waals surface area contributed by atoms with Crippen LogP contribution in [0.2, 0.25) is 0 Å². The van der Waals surface area contributed by atoms with Gasteiger partial charge in [0.1, 0.15) is 5.70 Å². The Hall–Kier alpha value is -4.40. The van der Waals surface area contributed by atoms with Gasteiger partial charge in [-0.3, -0.25) is 14.4 Å². The van der Waals surface area contributed by atoms with Crippen molar-refractivity contribution in [2.24, 2.45) is 0 Å². The summed E-state index contributed by atoms with van der Waals surface area (Å²) in [5, 5.41) is 5.55. The molecular weight excluding hydrogens is 447 g/mol. The molecular formula is C25H18F3N3O3. The highest BCUT2D eigenvalue weighted by Crippen LogP contribution is 2.36. The number of imide groups is 1. The minimum Gasteiger partial charge on any atom is -0.350 e. The number of alkyl halides is 3. The van der Waals surface area contributed by atoms with E-state index in [1.54, 1.807) is 54.6 Å². The number of nitrogens with zero attached hydrogens (tertiary/aromatic N) is 1. The summed E-state index contributed by atoms with van der Waals surface area (Å²) in [5.41, 5.74) is 0.236. The first-order valence-corrected chi connectivity index (χ1v) is 10.2. The summed E-state index contributed by atoms with van der Waals surface area (Å²) in [6, 6.07) is 18.9. The van der Waals surface area contributed by atoms with E-state index < -0.39 is 23.6 Å². The van der Waals surface area contributed by atoms with Gasteiger partial charge in [0, 0.05) is 18.3 Å². The van der Waals surface area contributed by atoms with Crippen LogP contribution in [0.1, 0.15) is 18.1 Å². The number of benzene rings is 3. The van der Waals surface area contributed by atoms with E-state index in [1.807, 2.05) is 0 Å². The molecule has 2 N–H and O–H groups in total. The maximum absolute atomic E-state index is 13.3. The molecule has 3 aromatic carbocycles. The fraction of sp³-hybridized carbons (Fsp3) is 0.0800. The van der Waals surface area contributed by atoms with Gasteiger partial charge in [-0.1, -0.05) is 36.4 Å². The van der Waals surface area contributed by atoms with E-state index in [1.165, 1.54) is 13.0 Å². The number of rotatable bonds is 5. The average Bonchev–Trinajstić information content (AvgIpc) is 3.04. The molecule has 9 heteroatoms. The number of nitrogens with one attached hydrogen (secondary N) is 2. The second-order valence-electron chi connectivity index (χ2n) is 7.49. The van der Waals surface area contributed by atoms with Crippen LogP contribution in [0.5, 0.6) is 0 Å². The molecule has 1 heterocycles. The Kier molecular flexibility index (Phi) is 5.93. The molecule has 0 saturated heterocycles. The maximum atomic E-state index is 13.3. The molecule has 1 aliphatic rings. The lowest BCUT2D eigenvalue weighted by molar-refractivity contribution is -0.137. The van der Waals surface area contributed by atoms with Gasteiger partial charge in [0.05, 0.1) is 16.8 Å². The topological polar surface area (TPSA) is 78.5 Å². The van der Waals surface area contributed by atoms with E-state index in [9.17, 15) is 27.6 Å². The summed E-state index contributed by atoms with van der Waals surface area (Å²) in [5.74, 6) is -1.77.